The smallest absolute Gasteiger partial charge is 0.289 e. The minimum absolute atomic E-state index is 0.139. The number of hydrogen-bond acceptors (Lipinski definition) is 9. The van der Waals surface area contributed by atoms with E-state index in [2.05, 4.69) is 25.9 Å². The van der Waals surface area contributed by atoms with Crippen LogP contribution in [-0.4, -0.2) is 112 Å². The molecule has 0 atom stereocenters. The molecule has 0 bridgehead atoms. The van der Waals surface area contributed by atoms with Gasteiger partial charge in [-0.3, -0.25) is 4.79 Å². The summed E-state index contributed by atoms with van der Waals surface area (Å²) < 4.78 is 32.2. The summed E-state index contributed by atoms with van der Waals surface area (Å²) in [4.78, 5) is 34.2. The van der Waals surface area contributed by atoms with Crippen LogP contribution in [-0.2, 0) is 14.8 Å². The lowest BCUT2D eigenvalue weighted by atomic mass is 10.1. The van der Waals surface area contributed by atoms with Crippen LogP contribution in [0.3, 0.4) is 0 Å². The van der Waals surface area contributed by atoms with Gasteiger partial charge >= 0.3 is 0 Å². The number of piperazine rings is 1. The average Bonchev–Trinajstić information content (AvgIpc) is 3.60. The highest BCUT2D eigenvalue weighted by molar-refractivity contribution is 7.88. The molecule has 3 aromatic heterocycles. The molecule has 0 aliphatic carbocycles. The van der Waals surface area contributed by atoms with Crippen LogP contribution < -0.4 is 4.90 Å². The summed E-state index contributed by atoms with van der Waals surface area (Å²) in [5, 5.41) is 4.71. The maximum Gasteiger partial charge on any atom is 0.289 e. The molecule has 0 unspecified atom stereocenters. The fraction of sp³-hybridized carbons (Fsp3) is 0.400. The van der Waals surface area contributed by atoms with Crippen LogP contribution in [0.2, 0.25) is 0 Å². The van der Waals surface area contributed by atoms with Crippen molar-refractivity contribution in [3.8, 4) is 17.2 Å². The number of imidazole rings is 1. The number of ether oxygens (including phenoxy) is 1. The molecule has 0 spiro atoms. The fourth-order valence-corrected chi connectivity index (χ4v) is 5.67. The van der Waals surface area contributed by atoms with Crippen LogP contribution in [0.4, 0.5) is 5.82 Å². The third-order valence-corrected chi connectivity index (χ3v) is 8.23. The number of sulfonamides is 1. The molecule has 1 aromatic carbocycles. The normalized spacial score (nSPS) is 17.2. The zero-order valence-corrected chi connectivity index (χ0v) is 22.6. The van der Waals surface area contributed by atoms with E-state index >= 15 is 0 Å². The molecule has 0 saturated carbocycles. The standard InChI is InChI=1S/C25H29N9O4S/c1-17-4-3-5-18(16-17)19-6-7-34(30-19)25-28-21-20(23(29-25)31-12-14-38-15-13-31)26-22(27-21)24(35)32-8-10-33(11-9-32)39(2,36)37/h3-7,16H,8-15H2,1-2H3,(H,26,27,28,29). The Hall–Kier alpha value is -3.88. The Bertz CT molecular complexity index is 1630. The molecule has 2 aliphatic heterocycles. The number of benzene rings is 1. The molecule has 1 N–H and O–H groups in total. The van der Waals surface area contributed by atoms with Crippen molar-refractivity contribution in [3.63, 3.8) is 0 Å². The first-order valence-electron chi connectivity index (χ1n) is 12.7. The van der Waals surface area contributed by atoms with E-state index in [4.69, 9.17) is 14.8 Å². The number of rotatable bonds is 5. The summed E-state index contributed by atoms with van der Waals surface area (Å²) in [5.41, 5.74) is 3.84. The van der Waals surface area contributed by atoms with Gasteiger partial charge in [-0.2, -0.15) is 19.4 Å². The zero-order chi connectivity index (χ0) is 27.1. The third kappa shape index (κ3) is 5.10. The molecule has 2 saturated heterocycles. The molecule has 14 heteroatoms. The summed E-state index contributed by atoms with van der Waals surface area (Å²) in [5.74, 6) is 0.784. The molecule has 5 heterocycles. The van der Waals surface area contributed by atoms with Crippen molar-refractivity contribution in [1.29, 1.82) is 0 Å². The minimum Gasteiger partial charge on any atom is -0.378 e. The Balaban J connectivity index is 1.35. The van der Waals surface area contributed by atoms with E-state index < -0.39 is 10.0 Å². The molecule has 4 aromatic rings. The van der Waals surface area contributed by atoms with Crippen LogP contribution in [0, 0.1) is 6.92 Å². The second kappa shape index (κ2) is 10.0. The zero-order valence-electron chi connectivity index (χ0n) is 21.7. The monoisotopic (exact) mass is 551 g/mol. The van der Waals surface area contributed by atoms with E-state index in [1.165, 1.54) is 10.6 Å². The van der Waals surface area contributed by atoms with Crippen molar-refractivity contribution in [2.24, 2.45) is 0 Å². The van der Waals surface area contributed by atoms with Gasteiger partial charge in [-0.25, -0.2) is 18.1 Å². The van der Waals surface area contributed by atoms with E-state index in [-0.39, 0.29) is 37.9 Å². The number of aromatic nitrogens is 6. The Morgan fingerprint density at radius 2 is 1.77 bits per heavy atom. The van der Waals surface area contributed by atoms with Crippen molar-refractivity contribution in [2.45, 2.75) is 6.92 Å². The third-order valence-electron chi connectivity index (χ3n) is 6.93. The molecule has 0 radical (unpaired) electrons. The predicted molar refractivity (Wildman–Crippen MR) is 144 cm³/mol. The van der Waals surface area contributed by atoms with Gasteiger partial charge in [-0.15, -0.1) is 0 Å². The lowest BCUT2D eigenvalue weighted by molar-refractivity contribution is 0.0687. The van der Waals surface area contributed by atoms with E-state index in [0.717, 1.165) is 16.8 Å². The van der Waals surface area contributed by atoms with Crippen molar-refractivity contribution in [2.75, 3.05) is 63.6 Å². The van der Waals surface area contributed by atoms with Gasteiger partial charge in [0, 0.05) is 51.0 Å². The summed E-state index contributed by atoms with van der Waals surface area (Å²) in [6.45, 7) is 5.46. The second-order valence-corrected chi connectivity index (χ2v) is 11.7. The summed E-state index contributed by atoms with van der Waals surface area (Å²) in [6.07, 6.45) is 2.99. The minimum atomic E-state index is -3.30. The van der Waals surface area contributed by atoms with Crippen molar-refractivity contribution < 1.29 is 17.9 Å². The molecule has 6 rings (SSSR count). The molecule has 1 amide bonds. The Kier molecular flexibility index (Phi) is 6.53. The number of nitrogens with zero attached hydrogens (tertiary/aromatic N) is 8. The lowest BCUT2D eigenvalue weighted by Gasteiger charge is -2.32. The Morgan fingerprint density at radius 3 is 2.49 bits per heavy atom. The van der Waals surface area contributed by atoms with Crippen LogP contribution >= 0.6 is 0 Å². The van der Waals surface area contributed by atoms with Gasteiger partial charge < -0.3 is 19.5 Å². The first-order chi connectivity index (χ1) is 18.8. The quantitative estimate of drug-likeness (QED) is 0.385. The Morgan fingerprint density at radius 1 is 1.00 bits per heavy atom. The summed E-state index contributed by atoms with van der Waals surface area (Å²) in [7, 11) is -3.30. The van der Waals surface area contributed by atoms with Gasteiger partial charge in [0.1, 0.15) is 0 Å². The number of hydrogen-bond donors (Lipinski definition) is 1. The number of nitrogens with one attached hydrogen (secondary N) is 1. The van der Waals surface area contributed by atoms with Crippen molar-refractivity contribution in [1.82, 2.24) is 38.9 Å². The first-order valence-corrected chi connectivity index (χ1v) is 14.6. The molecule has 39 heavy (non-hydrogen) atoms. The maximum atomic E-state index is 13.3. The predicted octanol–water partition coefficient (Wildman–Crippen LogP) is 1.07. The highest BCUT2D eigenvalue weighted by atomic mass is 32.2. The molecule has 2 fully saturated rings. The fourth-order valence-electron chi connectivity index (χ4n) is 4.84. The largest absolute Gasteiger partial charge is 0.378 e. The van der Waals surface area contributed by atoms with Gasteiger partial charge in [0.2, 0.25) is 10.0 Å². The van der Waals surface area contributed by atoms with Gasteiger partial charge in [0.05, 0.1) is 25.2 Å². The van der Waals surface area contributed by atoms with Crippen LogP contribution in [0.5, 0.6) is 0 Å². The highest BCUT2D eigenvalue weighted by Gasteiger charge is 2.29. The van der Waals surface area contributed by atoms with E-state index in [1.54, 1.807) is 9.58 Å². The number of H-pyrrole nitrogens is 1. The average molecular weight is 552 g/mol. The van der Waals surface area contributed by atoms with E-state index in [0.29, 0.717) is 49.2 Å². The van der Waals surface area contributed by atoms with E-state index in [1.807, 2.05) is 37.4 Å². The molecule has 204 valence electrons. The van der Waals surface area contributed by atoms with Crippen LogP contribution in [0.1, 0.15) is 16.2 Å². The molecular formula is C25H29N9O4S. The topological polar surface area (TPSA) is 142 Å². The molecule has 2 aliphatic rings. The van der Waals surface area contributed by atoms with Gasteiger partial charge in [0.25, 0.3) is 11.9 Å². The number of aryl methyl sites for hydroxylation is 1. The number of fused-ring (bicyclic) bond motifs is 1. The van der Waals surface area contributed by atoms with Gasteiger partial charge in [-0.1, -0.05) is 23.8 Å². The number of anilines is 1. The Labute approximate surface area is 225 Å². The van der Waals surface area contributed by atoms with Crippen LogP contribution in [0.25, 0.3) is 28.4 Å². The van der Waals surface area contributed by atoms with Crippen molar-refractivity contribution in [3.05, 3.63) is 47.9 Å². The number of carbonyl (C=O) groups excluding carboxylic acids is 1. The second-order valence-electron chi connectivity index (χ2n) is 9.70. The first kappa shape index (κ1) is 25.4. The highest BCUT2D eigenvalue weighted by Crippen LogP contribution is 2.26. The molecule has 13 nitrogen and oxygen atoms in total. The molecular weight excluding hydrogens is 522 g/mol. The number of amides is 1. The number of aromatic amines is 1. The lowest BCUT2D eigenvalue weighted by Crippen LogP contribution is -2.50. The van der Waals surface area contributed by atoms with Crippen LogP contribution in [0.15, 0.2) is 36.5 Å². The number of carbonyl (C=O) groups is 1. The SMILES string of the molecule is Cc1cccc(-c2ccn(-c3nc(N4CCOCC4)c4nc(C(=O)N5CCN(S(C)(=O)=O)CC5)[nH]c4n3)n2)c1. The summed E-state index contributed by atoms with van der Waals surface area (Å²) >= 11 is 0. The maximum absolute atomic E-state index is 13.3. The van der Waals surface area contributed by atoms with Gasteiger partial charge in [0.15, 0.2) is 22.8 Å². The summed E-state index contributed by atoms with van der Waals surface area (Å²) in [6, 6.07) is 10.0. The number of morpholine rings is 1. The van der Waals surface area contributed by atoms with E-state index in [9.17, 15) is 13.2 Å². The van der Waals surface area contributed by atoms with Gasteiger partial charge in [-0.05, 0) is 19.1 Å². The van der Waals surface area contributed by atoms with Crippen molar-refractivity contribution >= 4 is 32.9 Å².